The van der Waals surface area contributed by atoms with E-state index in [0.29, 0.717) is 6.42 Å². The van der Waals surface area contributed by atoms with Crippen molar-refractivity contribution < 1.29 is 9.53 Å². The molecule has 0 unspecified atom stereocenters. The average molecular weight is 375 g/mol. The highest BCUT2D eigenvalue weighted by Gasteiger charge is 2.15. The molecule has 1 aromatic heterocycles. The van der Waals surface area contributed by atoms with Gasteiger partial charge in [-0.05, 0) is 67.3 Å². The van der Waals surface area contributed by atoms with Crippen molar-refractivity contribution in [3.05, 3.63) is 59.7 Å². The van der Waals surface area contributed by atoms with Gasteiger partial charge in [0.2, 0.25) is 5.91 Å². The summed E-state index contributed by atoms with van der Waals surface area (Å²) in [6.07, 6.45) is 2.77. The van der Waals surface area contributed by atoms with E-state index in [1.54, 1.807) is 7.11 Å². The second-order valence-corrected chi connectivity index (χ2v) is 7.30. The van der Waals surface area contributed by atoms with Crippen molar-refractivity contribution in [1.82, 2.24) is 4.98 Å². The molecule has 0 aliphatic carbocycles. The molecule has 28 heavy (non-hydrogen) atoms. The first-order valence-electron chi connectivity index (χ1n) is 9.71. The normalized spacial score (nSPS) is 13.7. The van der Waals surface area contributed by atoms with Crippen LogP contribution in [0.5, 0.6) is 5.75 Å². The number of ether oxygens (including phenoxy) is 1. The van der Waals surface area contributed by atoms with Gasteiger partial charge in [-0.2, -0.15) is 0 Å². The molecule has 0 atom stereocenters. The van der Waals surface area contributed by atoms with Gasteiger partial charge in [0.05, 0.1) is 19.0 Å². The molecule has 1 N–H and O–H groups in total. The third kappa shape index (κ3) is 3.93. The molecule has 2 heterocycles. The Balaban J connectivity index is 1.51. The summed E-state index contributed by atoms with van der Waals surface area (Å²) in [5, 5.41) is 4.07. The number of carbonyl (C=O) groups is 1. The molecule has 0 radical (unpaired) electrons. The molecule has 5 heteroatoms. The van der Waals surface area contributed by atoms with Crippen LogP contribution in [0.1, 0.15) is 24.0 Å². The lowest BCUT2D eigenvalue weighted by molar-refractivity contribution is -0.115. The van der Waals surface area contributed by atoms with E-state index in [-0.39, 0.29) is 5.91 Å². The molecule has 1 saturated heterocycles. The summed E-state index contributed by atoms with van der Waals surface area (Å²) in [4.78, 5) is 19.6. The van der Waals surface area contributed by atoms with Crippen LogP contribution in [0, 0.1) is 6.92 Å². The van der Waals surface area contributed by atoms with Crippen LogP contribution in [0.15, 0.2) is 48.5 Å². The largest absolute Gasteiger partial charge is 0.497 e. The molecule has 144 valence electrons. The number of methoxy groups -OCH3 is 1. The van der Waals surface area contributed by atoms with Crippen LogP contribution >= 0.6 is 0 Å². The van der Waals surface area contributed by atoms with Gasteiger partial charge in [-0.1, -0.05) is 12.1 Å². The van der Waals surface area contributed by atoms with Crippen molar-refractivity contribution in [3.8, 4) is 5.75 Å². The minimum absolute atomic E-state index is 0.0492. The van der Waals surface area contributed by atoms with Crippen molar-refractivity contribution in [2.45, 2.75) is 26.2 Å². The van der Waals surface area contributed by atoms with Crippen molar-refractivity contribution in [1.29, 1.82) is 0 Å². The van der Waals surface area contributed by atoms with Gasteiger partial charge in [0, 0.05) is 24.2 Å². The molecular formula is C23H25N3O2. The molecule has 1 fully saturated rings. The molecule has 5 nitrogen and oxygen atoms in total. The third-order valence-corrected chi connectivity index (χ3v) is 5.21. The number of rotatable bonds is 5. The number of anilines is 2. The van der Waals surface area contributed by atoms with E-state index < -0.39 is 0 Å². The Bertz CT molecular complexity index is 1010. The number of nitrogens with zero attached hydrogens (tertiary/aromatic N) is 2. The summed E-state index contributed by atoms with van der Waals surface area (Å²) < 4.78 is 5.22. The van der Waals surface area contributed by atoms with Crippen LogP contribution in [-0.4, -0.2) is 31.1 Å². The fraction of sp³-hybridized carbons (Fsp3) is 0.304. The molecule has 1 aliphatic rings. The predicted molar refractivity (Wildman–Crippen MR) is 113 cm³/mol. The maximum absolute atomic E-state index is 12.5. The molecule has 0 saturated carbocycles. The Morgan fingerprint density at radius 1 is 1.14 bits per heavy atom. The molecule has 2 aromatic carbocycles. The molecule has 3 aromatic rings. The first kappa shape index (κ1) is 18.3. The Kier molecular flexibility index (Phi) is 5.15. The lowest BCUT2D eigenvalue weighted by atomic mass is 10.1. The van der Waals surface area contributed by atoms with Gasteiger partial charge in [-0.3, -0.25) is 4.79 Å². The number of carbonyl (C=O) groups excluding carboxylic acids is 1. The summed E-state index contributed by atoms with van der Waals surface area (Å²) in [5.41, 5.74) is 3.86. The van der Waals surface area contributed by atoms with E-state index in [1.807, 2.05) is 42.5 Å². The summed E-state index contributed by atoms with van der Waals surface area (Å²) in [7, 11) is 1.62. The van der Waals surface area contributed by atoms with Crippen molar-refractivity contribution in [3.63, 3.8) is 0 Å². The van der Waals surface area contributed by atoms with Gasteiger partial charge >= 0.3 is 0 Å². The molecule has 1 amide bonds. The zero-order valence-electron chi connectivity index (χ0n) is 16.4. The van der Waals surface area contributed by atoms with Crippen molar-refractivity contribution >= 4 is 28.3 Å². The van der Waals surface area contributed by atoms with Gasteiger partial charge in [-0.25, -0.2) is 4.98 Å². The number of aromatic nitrogens is 1. The zero-order chi connectivity index (χ0) is 19.5. The minimum atomic E-state index is -0.0492. The second-order valence-electron chi connectivity index (χ2n) is 7.30. The molecule has 1 aliphatic heterocycles. The number of nitrogens with one attached hydrogen (secondary N) is 1. The summed E-state index contributed by atoms with van der Waals surface area (Å²) in [5.74, 6) is 1.76. The van der Waals surface area contributed by atoms with Gasteiger partial charge < -0.3 is 15.0 Å². The summed E-state index contributed by atoms with van der Waals surface area (Å²) in [6, 6.07) is 15.6. The highest BCUT2D eigenvalue weighted by atomic mass is 16.5. The van der Waals surface area contributed by atoms with E-state index in [0.717, 1.165) is 46.8 Å². The monoisotopic (exact) mass is 375 g/mol. The van der Waals surface area contributed by atoms with Gasteiger partial charge in [0.15, 0.2) is 0 Å². The van der Waals surface area contributed by atoms with Crippen LogP contribution in [-0.2, 0) is 11.2 Å². The lowest BCUT2D eigenvalue weighted by Gasteiger charge is -2.18. The quantitative estimate of drug-likeness (QED) is 0.721. The van der Waals surface area contributed by atoms with E-state index in [9.17, 15) is 4.79 Å². The maximum atomic E-state index is 12.5. The van der Waals surface area contributed by atoms with Crippen molar-refractivity contribution in [2.24, 2.45) is 0 Å². The summed E-state index contributed by atoms with van der Waals surface area (Å²) >= 11 is 0. The minimum Gasteiger partial charge on any atom is -0.497 e. The molecule has 0 bridgehead atoms. The third-order valence-electron chi connectivity index (χ3n) is 5.21. The zero-order valence-corrected chi connectivity index (χ0v) is 16.4. The van der Waals surface area contributed by atoms with Gasteiger partial charge in [-0.15, -0.1) is 0 Å². The van der Waals surface area contributed by atoms with E-state index >= 15 is 0 Å². The highest BCUT2D eigenvalue weighted by molar-refractivity contribution is 5.95. The maximum Gasteiger partial charge on any atom is 0.228 e. The van der Waals surface area contributed by atoms with E-state index in [4.69, 9.17) is 9.72 Å². The number of hydrogen-bond donors (Lipinski definition) is 1. The number of aryl methyl sites for hydroxylation is 1. The Morgan fingerprint density at radius 2 is 1.96 bits per heavy atom. The number of pyridine rings is 1. The molecule has 0 spiro atoms. The number of amides is 1. The number of benzene rings is 2. The second kappa shape index (κ2) is 7.89. The number of hydrogen-bond acceptors (Lipinski definition) is 4. The van der Waals surface area contributed by atoms with E-state index in [2.05, 4.69) is 23.2 Å². The molecule has 4 rings (SSSR count). The van der Waals surface area contributed by atoms with Crippen LogP contribution in [0.3, 0.4) is 0 Å². The van der Waals surface area contributed by atoms with Crippen LogP contribution in [0.2, 0.25) is 0 Å². The SMILES string of the molecule is COc1cccc(CC(=O)Nc2ccc3nc(N4CCCC4)cc(C)c3c2)c1. The van der Waals surface area contributed by atoms with Gasteiger partial charge in [0.1, 0.15) is 11.6 Å². The van der Waals surface area contributed by atoms with Gasteiger partial charge in [0.25, 0.3) is 0 Å². The lowest BCUT2D eigenvalue weighted by Crippen LogP contribution is -2.19. The highest BCUT2D eigenvalue weighted by Crippen LogP contribution is 2.27. The van der Waals surface area contributed by atoms with E-state index in [1.165, 1.54) is 18.4 Å². The predicted octanol–water partition coefficient (Wildman–Crippen LogP) is 4.33. The van der Waals surface area contributed by atoms with Crippen LogP contribution < -0.4 is 15.0 Å². The Hall–Kier alpha value is -3.08. The van der Waals surface area contributed by atoms with Crippen molar-refractivity contribution in [2.75, 3.05) is 30.4 Å². The number of fused-ring (bicyclic) bond motifs is 1. The average Bonchev–Trinajstić information content (AvgIpc) is 3.23. The fourth-order valence-corrected chi connectivity index (χ4v) is 3.74. The first-order chi connectivity index (χ1) is 13.6. The topological polar surface area (TPSA) is 54.5 Å². The smallest absolute Gasteiger partial charge is 0.228 e. The van der Waals surface area contributed by atoms with Crippen LogP contribution in [0.4, 0.5) is 11.5 Å². The Labute approximate surface area is 165 Å². The van der Waals surface area contributed by atoms with Crippen LogP contribution in [0.25, 0.3) is 10.9 Å². The first-order valence-corrected chi connectivity index (χ1v) is 9.71. The fourth-order valence-electron chi connectivity index (χ4n) is 3.74. The summed E-state index contributed by atoms with van der Waals surface area (Å²) in [6.45, 7) is 4.26. The standard InChI is InChI=1S/C23H25N3O2/c1-16-12-22(26-10-3-4-11-26)25-21-9-8-18(15-20(16)21)24-23(27)14-17-6-5-7-19(13-17)28-2/h5-9,12-13,15H,3-4,10-11,14H2,1-2H3,(H,24,27). The molecular weight excluding hydrogens is 350 g/mol. The Morgan fingerprint density at radius 3 is 2.75 bits per heavy atom.